The van der Waals surface area contributed by atoms with E-state index in [1.165, 1.54) is 5.56 Å². The third-order valence-electron chi connectivity index (χ3n) is 3.06. The minimum absolute atomic E-state index is 0.136. The largest absolute Gasteiger partial charge is 0.390 e. The third-order valence-corrected chi connectivity index (χ3v) is 3.06. The molecule has 0 radical (unpaired) electrons. The van der Waals surface area contributed by atoms with E-state index in [4.69, 9.17) is 4.74 Å². The quantitative estimate of drug-likeness (QED) is 0.894. The van der Waals surface area contributed by atoms with E-state index in [1.807, 2.05) is 12.1 Å². The smallest absolute Gasteiger partial charge is 0.114 e. The molecular weight excluding hydrogens is 242 g/mol. The molecule has 0 aliphatic rings. The predicted octanol–water partition coefficient (Wildman–Crippen LogP) is 2.03. The fourth-order valence-corrected chi connectivity index (χ4v) is 1.96. The highest BCUT2D eigenvalue weighted by molar-refractivity contribution is 5.38. The number of rotatable bonds is 5. The fourth-order valence-electron chi connectivity index (χ4n) is 1.96. The minimum Gasteiger partial charge on any atom is -0.390 e. The summed E-state index contributed by atoms with van der Waals surface area (Å²) in [6.45, 7) is 4.53. The van der Waals surface area contributed by atoms with Crippen molar-refractivity contribution < 1.29 is 9.84 Å². The topological polar surface area (TPSA) is 60.2 Å². The van der Waals surface area contributed by atoms with Crippen LogP contribution in [0.15, 0.2) is 24.3 Å². The van der Waals surface area contributed by atoms with Crippen LogP contribution in [-0.4, -0.2) is 27.2 Å². The van der Waals surface area contributed by atoms with E-state index in [2.05, 4.69) is 36.3 Å². The van der Waals surface area contributed by atoms with Crippen molar-refractivity contribution in [2.45, 2.75) is 33.0 Å². The first kappa shape index (κ1) is 13.7. The molecule has 0 fully saturated rings. The standard InChI is InChI=1S/C14H19N3O2/c1-10(2)11-5-4-6-12(7-11)17-14(9-19-3)13(8-18)15-16-17/h4-7,10,18H,8-9H2,1-3H3. The van der Waals surface area contributed by atoms with Gasteiger partial charge in [-0.1, -0.05) is 31.2 Å². The second-order valence-electron chi connectivity index (χ2n) is 4.74. The van der Waals surface area contributed by atoms with Crippen molar-refractivity contribution in [2.24, 2.45) is 0 Å². The average Bonchev–Trinajstić information content (AvgIpc) is 2.82. The van der Waals surface area contributed by atoms with Crippen LogP contribution in [0.3, 0.4) is 0 Å². The number of hydrogen-bond donors (Lipinski definition) is 1. The van der Waals surface area contributed by atoms with E-state index in [0.717, 1.165) is 11.4 Å². The molecule has 19 heavy (non-hydrogen) atoms. The molecule has 0 amide bonds. The molecule has 0 bridgehead atoms. The van der Waals surface area contributed by atoms with Crippen molar-refractivity contribution in [2.75, 3.05) is 7.11 Å². The van der Waals surface area contributed by atoms with Crippen LogP contribution in [0.25, 0.3) is 5.69 Å². The van der Waals surface area contributed by atoms with Crippen molar-refractivity contribution in [3.8, 4) is 5.69 Å². The van der Waals surface area contributed by atoms with Gasteiger partial charge in [0.25, 0.3) is 0 Å². The van der Waals surface area contributed by atoms with E-state index in [9.17, 15) is 5.11 Å². The molecule has 0 saturated heterocycles. The van der Waals surface area contributed by atoms with Crippen molar-refractivity contribution in [1.29, 1.82) is 0 Å². The summed E-state index contributed by atoms with van der Waals surface area (Å²) in [5.41, 5.74) is 3.51. The molecule has 0 unspecified atom stereocenters. The number of nitrogens with zero attached hydrogens (tertiary/aromatic N) is 3. The molecule has 0 aliphatic carbocycles. The first-order valence-corrected chi connectivity index (χ1v) is 6.31. The highest BCUT2D eigenvalue weighted by Gasteiger charge is 2.13. The third kappa shape index (κ3) is 2.83. The van der Waals surface area contributed by atoms with Gasteiger partial charge in [0.05, 0.1) is 24.6 Å². The first-order chi connectivity index (χ1) is 9.17. The lowest BCUT2D eigenvalue weighted by molar-refractivity contribution is 0.175. The molecule has 5 nitrogen and oxygen atoms in total. The maximum atomic E-state index is 9.28. The maximum Gasteiger partial charge on any atom is 0.114 e. The van der Waals surface area contributed by atoms with Gasteiger partial charge >= 0.3 is 0 Å². The highest BCUT2D eigenvalue weighted by Crippen LogP contribution is 2.20. The monoisotopic (exact) mass is 261 g/mol. The van der Waals surface area contributed by atoms with Gasteiger partial charge in [-0.2, -0.15) is 0 Å². The zero-order valence-corrected chi connectivity index (χ0v) is 11.5. The normalized spacial score (nSPS) is 11.2. The maximum absolute atomic E-state index is 9.28. The van der Waals surface area contributed by atoms with Gasteiger partial charge in [0.15, 0.2) is 0 Å². The Morgan fingerprint density at radius 3 is 2.79 bits per heavy atom. The molecule has 1 heterocycles. The molecule has 0 aliphatic heterocycles. The van der Waals surface area contributed by atoms with Gasteiger partial charge in [0, 0.05) is 7.11 Å². The summed E-state index contributed by atoms with van der Waals surface area (Å²) in [5.74, 6) is 0.451. The second kappa shape index (κ2) is 5.95. The first-order valence-electron chi connectivity index (χ1n) is 6.31. The molecule has 1 aromatic carbocycles. The summed E-state index contributed by atoms with van der Waals surface area (Å²) in [6.07, 6.45) is 0. The summed E-state index contributed by atoms with van der Waals surface area (Å²) in [4.78, 5) is 0. The zero-order chi connectivity index (χ0) is 13.8. The zero-order valence-electron chi connectivity index (χ0n) is 11.5. The Morgan fingerprint density at radius 1 is 1.37 bits per heavy atom. The van der Waals surface area contributed by atoms with E-state index < -0.39 is 0 Å². The van der Waals surface area contributed by atoms with Crippen LogP contribution in [0.4, 0.5) is 0 Å². The van der Waals surface area contributed by atoms with Crippen molar-refractivity contribution >= 4 is 0 Å². The Labute approximate surface area is 112 Å². The van der Waals surface area contributed by atoms with Crippen LogP contribution in [0.1, 0.15) is 36.7 Å². The molecule has 0 saturated carbocycles. The summed E-state index contributed by atoms with van der Waals surface area (Å²) in [5, 5.41) is 17.4. The number of methoxy groups -OCH3 is 1. The van der Waals surface area contributed by atoms with Gasteiger partial charge in [0.2, 0.25) is 0 Å². The molecule has 1 N–H and O–H groups in total. The van der Waals surface area contributed by atoms with E-state index in [0.29, 0.717) is 18.2 Å². The van der Waals surface area contributed by atoms with Gasteiger partial charge in [-0.05, 0) is 23.6 Å². The summed E-state index contributed by atoms with van der Waals surface area (Å²) in [6, 6.07) is 8.15. The van der Waals surface area contributed by atoms with Crippen molar-refractivity contribution in [1.82, 2.24) is 15.0 Å². The highest BCUT2D eigenvalue weighted by atomic mass is 16.5. The Hall–Kier alpha value is -1.72. The number of aliphatic hydroxyl groups excluding tert-OH is 1. The number of hydrogen-bond acceptors (Lipinski definition) is 4. The molecular formula is C14H19N3O2. The van der Waals surface area contributed by atoms with Gasteiger partial charge < -0.3 is 9.84 Å². The molecule has 5 heteroatoms. The van der Waals surface area contributed by atoms with Crippen LogP contribution < -0.4 is 0 Å². The molecule has 2 aromatic rings. The van der Waals surface area contributed by atoms with Crippen LogP contribution in [0, 0.1) is 0 Å². The summed E-state index contributed by atoms with van der Waals surface area (Å²) >= 11 is 0. The van der Waals surface area contributed by atoms with E-state index in [-0.39, 0.29) is 6.61 Å². The van der Waals surface area contributed by atoms with Crippen LogP contribution in [-0.2, 0) is 18.0 Å². The van der Waals surface area contributed by atoms with Gasteiger partial charge in [0.1, 0.15) is 5.69 Å². The minimum atomic E-state index is -0.136. The molecule has 2 rings (SSSR count). The molecule has 0 spiro atoms. The number of aliphatic hydroxyl groups is 1. The summed E-state index contributed by atoms with van der Waals surface area (Å²) in [7, 11) is 1.61. The number of aromatic nitrogens is 3. The Bertz CT molecular complexity index is 549. The molecule has 0 atom stereocenters. The average molecular weight is 261 g/mol. The second-order valence-corrected chi connectivity index (χ2v) is 4.74. The number of ether oxygens (including phenoxy) is 1. The summed E-state index contributed by atoms with van der Waals surface area (Å²) < 4.78 is 6.88. The van der Waals surface area contributed by atoms with Crippen LogP contribution in [0.2, 0.25) is 0 Å². The Kier molecular flexibility index (Phi) is 4.29. The van der Waals surface area contributed by atoms with Crippen molar-refractivity contribution in [3.05, 3.63) is 41.2 Å². The Morgan fingerprint density at radius 2 is 2.16 bits per heavy atom. The lowest BCUT2D eigenvalue weighted by atomic mass is 10.0. The Balaban J connectivity index is 2.46. The SMILES string of the molecule is COCc1c(CO)nnn1-c1cccc(C(C)C)c1. The predicted molar refractivity (Wildman–Crippen MR) is 72.1 cm³/mol. The van der Waals surface area contributed by atoms with Crippen LogP contribution in [0.5, 0.6) is 0 Å². The lowest BCUT2D eigenvalue weighted by Gasteiger charge is -2.10. The molecule has 102 valence electrons. The van der Waals surface area contributed by atoms with Crippen LogP contribution >= 0.6 is 0 Å². The van der Waals surface area contributed by atoms with E-state index >= 15 is 0 Å². The van der Waals surface area contributed by atoms with Gasteiger partial charge in [-0.15, -0.1) is 5.10 Å². The van der Waals surface area contributed by atoms with Gasteiger partial charge in [-0.25, -0.2) is 4.68 Å². The van der Waals surface area contributed by atoms with Crippen molar-refractivity contribution in [3.63, 3.8) is 0 Å². The van der Waals surface area contributed by atoms with Gasteiger partial charge in [-0.3, -0.25) is 0 Å². The fraction of sp³-hybridized carbons (Fsp3) is 0.429. The lowest BCUT2D eigenvalue weighted by Crippen LogP contribution is -2.05. The van der Waals surface area contributed by atoms with E-state index in [1.54, 1.807) is 11.8 Å². The molecule has 1 aromatic heterocycles. The number of benzene rings is 1.